The van der Waals surface area contributed by atoms with Crippen LogP contribution < -0.4 is 14.2 Å². The molecule has 6 nitrogen and oxygen atoms in total. The topological polar surface area (TPSA) is 66.4 Å². The average molecular weight is 395 g/mol. The number of esters is 1. The summed E-state index contributed by atoms with van der Waals surface area (Å²) in [4.78, 5) is 16.7. The largest absolute Gasteiger partial charge is 0.493 e. The summed E-state index contributed by atoms with van der Waals surface area (Å²) in [5.41, 5.74) is 2.87. The Labute approximate surface area is 170 Å². The number of methoxy groups -OCH3 is 3. The van der Waals surface area contributed by atoms with E-state index in [9.17, 15) is 4.79 Å². The maximum atomic E-state index is 12.3. The van der Waals surface area contributed by atoms with Crippen molar-refractivity contribution in [1.29, 1.82) is 0 Å². The highest BCUT2D eigenvalue weighted by atomic mass is 16.6. The van der Waals surface area contributed by atoms with E-state index in [2.05, 4.69) is 25.8 Å². The van der Waals surface area contributed by atoms with E-state index in [4.69, 9.17) is 18.9 Å². The molecule has 0 radical (unpaired) electrons. The third-order valence-corrected chi connectivity index (χ3v) is 4.61. The van der Waals surface area contributed by atoms with Crippen LogP contribution in [-0.4, -0.2) is 33.2 Å². The van der Waals surface area contributed by atoms with Gasteiger partial charge in [0.1, 0.15) is 0 Å². The molecule has 0 N–H and O–H groups in total. The highest BCUT2D eigenvalue weighted by Crippen LogP contribution is 2.39. The first kappa shape index (κ1) is 20.5. The fourth-order valence-electron chi connectivity index (χ4n) is 2.99. The van der Waals surface area contributed by atoms with Gasteiger partial charge in [-0.15, -0.1) is 0 Å². The minimum atomic E-state index is -0.506. The Kier molecular flexibility index (Phi) is 5.64. The SMILES string of the molecule is COc1cc(/C=C2\N=C(c3ccc(C(C)(C)C)cc3)OC2=O)cc(OC)c1OC. The normalized spacial score (nSPS) is 15.2. The maximum Gasteiger partial charge on any atom is 0.363 e. The fraction of sp³-hybridized carbons (Fsp3) is 0.304. The molecule has 0 aromatic heterocycles. The molecule has 0 amide bonds. The minimum Gasteiger partial charge on any atom is -0.493 e. The summed E-state index contributed by atoms with van der Waals surface area (Å²) in [6.45, 7) is 6.44. The van der Waals surface area contributed by atoms with E-state index < -0.39 is 5.97 Å². The van der Waals surface area contributed by atoms with Crippen LogP contribution in [0.1, 0.15) is 37.5 Å². The molecule has 0 unspecified atom stereocenters. The number of hydrogen-bond acceptors (Lipinski definition) is 6. The highest BCUT2D eigenvalue weighted by molar-refractivity contribution is 6.12. The molecule has 0 saturated carbocycles. The van der Waals surface area contributed by atoms with E-state index in [0.717, 1.165) is 5.56 Å². The Hall–Kier alpha value is -3.28. The van der Waals surface area contributed by atoms with Gasteiger partial charge in [-0.2, -0.15) is 0 Å². The van der Waals surface area contributed by atoms with Gasteiger partial charge in [0.15, 0.2) is 17.2 Å². The van der Waals surface area contributed by atoms with Crippen LogP contribution in [0.3, 0.4) is 0 Å². The molecule has 0 fully saturated rings. The average Bonchev–Trinajstić information content (AvgIpc) is 3.06. The van der Waals surface area contributed by atoms with E-state index in [1.54, 1.807) is 18.2 Å². The Morgan fingerprint density at radius 2 is 1.52 bits per heavy atom. The van der Waals surface area contributed by atoms with Gasteiger partial charge < -0.3 is 18.9 Å². The number of cyclic esters (lactones) is 1. The second-order valence-corrected chi connectivity index (χ2v) is 7.62. The summed E-state index contributed by atoms with van der Waals surface area (Å²) < 4.78 is 21.4. The van der Waals surface area contributed by atoms with Crippen LogP contribution in [0.2, 0.25) is 0 Å². The standard InChI is InChI=1S/C23H25NO5/c1-23(2,3)16-9-7-15(8-10-16)21-24-17(22(25)29-21)11-14-12-18(26-4)20(28-6)19(13-14)27-5/h7-13H,1-6H3/b17-11-. The molecule has 6 heteroatoms. The predicted octanol–water partition coefficient (Wildman–Crippen LogP) is 4.35. The zero-order chi connectivity index (χ0) is 21.2. The van der Waals surface area contributed by atoms with E-state index >= 15 is 0 Å². The van der Waals surface area contributed by atoms with Crippen molar-refractivity contribution in [2.45, 2.75) is 26.2 Å². The lowest BCUT2D eigenvalue weighted by Crippen LogP contribution is -2.11. The molecule has 1 aliphatic heterocycles. The first-order chi connectivity index (χ1) is 13.8. The van der Waals surface area contributed by atoms with Crippen molar-refractivity contribution in [3.63, 3.8) is 0 Å². The van der Waals surface area contributed by atoms with Crippen LogP contribution in [0.4, 0.5) is 0 Å². The lowest BCUT2D eigenvalue weighted by molar-refractivity contribution is -0.129. The summed E-state index contributed by atoms with van der Waals surface area (Å²) in [7, 11) is 4.61. The molecule has 29 heavy (non-hydrogen) atoms. The van der Waals surface area contributed by atoms with Crippen LogP contribution >= 0.6 is 0 Å². The van der Waals surface area contributed by atoms with E-state index in [1.807, 2.05) is 24.3 Å². The van der Waals surface area contributed by atoms with Crippen molar-refractivity contribution in [3.05, 3.63) is 58.8 Å². The maximum absolute atomic E-state index is 12.3. The number of aliphatic imine (C=N–C) groups is 1. The van der Waals surface area contributed by atoms with Gasteiger partial charge >= 0.3 is 5.97 Å². The molecule has 1 heterocycles. The van der Waals surface area contributed by atoms with Gasteiger partial charge in [0.25, 0.3) is 0 Å². The van der Waals surface area contributed by atoms with Gasteiger partial charge in [-0.3, -0.25) is 0 Å². The van der Waals surface area contributed by atoms with E-state index in [-0.39, 0.29) is 17.0 Å². The molecule has 0 atom stereocenters. The van der Waals surface area contributed by atoms with Crippen LogP contribution in [0.5, 0.6) is 17.2 Å². The van der Waals surface area contributed by atoms with Gasteiger partial charge in [0, 0.05) is 5.56 Å². The number of ether oxygens (including phenoxy) is 4. The molecule has 2 aromatic rings. The predicted molar refractivity (Wildman–Crippen MR) is 112 cm³/mol. The lowest BCUT2D eigenvalue weighted by atomic mass is 9.87. The van der Waals surface area contributed by atoms with E-state index in [1.165, 1.54) is 26.9 Å². The number of benzene rings is 2. The van der Waals surface area contributed by atoms with Gasteiger partial charge in [0.2, 0.25) is 11.6 Å². The van der Waals surface area contributed by atoms with Crippen LogP contribution in [0.15, 0.2) is 47.1 Å². The Bertz CT molecular complexity index is 956. The van der Waals surface area contributed by atoms with Crippen molar-refractivity contribution in [3.8, 4) is 17.2 Å². The zero-order valence-corrected chi connectivity index (χ0v) is 17.5. The van der Waals surface area contributed by atoms with Crippen molar-refractivity contribution in [2.24, 2.45) is 4.99 Å². The van der Waals surface area contributed by atoms with Gasteiger partial charge in [-0.25, -0.2) is 9.79 Å². The molecular formula is C23H25NO5. The van der Waals surface area contributed by atoms with Gasteiger partial charge in [0.05, 0.1) is 21.3 Å². The highest BCUT2D eigenvalue weighted by Gasteiger charge is 2.25. The molecule has 152 valence electrons. The first-order valence-electron chi connectivity index (χ1n) is 9.20. The molecule has 1 aliphatic rings. The van der Waals surface area contributed by atoms with Crippen molar-refractivity contribution in [1.82, 2.24) is 0 Å². The van der Waals surface area contributed by atoms with Crippen molar-refractivity contribution >= 4 is 17.9 Å². The molecule has 3 rings (SSSR count). The molecule has 0 saturated heterocycles. The van der Waals surface area contributed by atoms with Crippen LogP contribution in [0.25, 0.3) is 6.08 Å². The smallest absolute Gasteiger partial charge is 0.363 e. The summed E-state index contributed by atoms with van der Waals surface area (Å²) in [6.07, 6.45) is 1.63. The number of hydrogen-bond donors (Lipinski definition) is 0. The first-order valence-corrected chi connectivity index (χ1v) is 9.20. The molecule has 2 aromatic carbocycles. The van der Waals surface area contributed by atoms with Crippen LogP contribution in [0, 0.1) is 0 Å². The Balaban J connectivity index is 1.95. The molecular weight excluding hydrogens is 370 g/mol. The second-order valence-electron chi connectivity index (χ2n) is 7.62. The molecule has 0 spiro atoms. The Morgan fingerprint density at radius 1 is 0.931 bits per heavy atom. The number of rotatable bonds is 5. The molecule has 0 aliphatic carbocycles. The van der Waals surface area contributed by atoms with Crippen molar-refractivity contribution in [2.75, 3.05) is 21.3 Å². The van der Waals surface area contributed by atoms with E-state index in [0.29, 0.717) is 22.8 Å². The van der Waals surface area contributed by atoms with Crippen LogP contribution in [-0.2, 0) is 14.9 Å². The second kappa shape index (κ2) is 7.99. The monoisotopic (exact) mass is 395 g/mol. The summed E-state index contributed by atoms with van der Waals surface area (Å²) >= 11 is 0. The lowest BCUT2D eigenvalue weighted by Gasteiger charge is -2.18. The summed E-state index contributed by atoms with van der Waals surface area (Å²) in [6, 6.07) is 11.4. The number of carbonyl (C=O) groups excluding carboxylic acids is 1. The quantitative estimate of drug-likeness (QED) is 0.556. The van der Waals surface area contributed by atoms with Gasteiger partial charge in [-0.1, -0.05) is 32.9 Å². The Morgan fingerprint density at radius 3 is 2.00 bits per heavy atom. The van der Waals surface area contributed by atoms with Gasteiger partial charge in [-0.05, 0) is 46.9 Å². The number of carbonyl (C=O) groups is 1. The number of nitrogens with zero attached hydrogens (tertiary/aromatic N) is 1. The summed E-state index contributed by atoms with van der Waals surface area (Å²) in [5, 5.41) is 0. The summed E-state index contributed by atoms with van der Waals surface area (Å²) in [5.74, 6) is 1.25. The minimum absolute atomic E-state index is 0.0459. The third kappa shape index (κ3) is 4.26. The third-order valence-electron chi connectivity index (χ3n) is 4.61. The zero-order valence-electron chi connectivity index (χ0n) is 17.5. The fourth-order valence-corrected chi connectivity index (χ4v) is 2.99. The molecule has 0 bridgehead atoms. The van der Waals surface area contributed by atoms with Crippen molar-refractivity contribution < 1.29 is 23.7 Å².